The van der Waals surface area contributed by atoms with Gasteiger partial charge in [-0.1, -0.05) is 64.5 Å². The van der Waals surface area contributed by atoms with Gasteiger partial charge in [0.25, 0.3) is 0 Å². The molecule has 1 saturated carbocycles. The highest BCUT2D eigenvalue weighted by atomic mass is 79.9. The molecule has 7 nitrogen and oxygen atoms in total. The number of ether oxygens (including phenoxy) is 1. The zero-order chi connectivity index (χ0) is 20.1. The Morgan fingerprint density at radius 2 is 2.14 bits per heavy atom. The van der Waals surface area contributed by atoms with Crippen molar-refractivity contribution in [1.82, 2.24) is 9.38 Å². The first-order chi connectivity index (χ1) is 13.4. The summed E-state index contributed by atoms with van der Waals surface area (Å²) in [6.07, 6.45) is 3.84. The van der Waals surface area contributed by atoms with Crippen LogP contribution in [0.15, 0.2) is 42.7 Å². The van der Waals surface area contributed by atoms with E-state index in [9.17, 15) is 13.6 Å². The number of hydrogen-bond donors (Lipinski definition) is 0. The van der Waals surface area contributed by atoms with Crippen LogP contribution < -0.4 is 4.31 Å². The third-order valence-corrected chi connectivity index (χ3v) is 7.84. The van der Waals surface area contributed by atoms with E-state index in [0.717, 1.165) is 15.6 Å². The molecule has 1 aliphatic rings. The number of aromatic nitrogens is 2. The minimum absolute atomic E-state index is 0.331. The maximum Gasteiger partial charge on any atom is 0.333 e. The lowest BCUT2D eigenvalue weighted by molar-refractivity contribution is -0.143. The molecule has 2 aromatic heterocycles. The summed E-state index contributed by atoms with van der Waals surface area (Å²) >= 11 is 1.90. The Balaban J connectivity index is 1.84. The summed E-state index contributed by atoms with van der Waals surface area (Å²) in [6.45, 7) is 1.89. The molecule has 1 fully saturated rings. The molecule has 0 amide bonds. The van der Waals surface area contributed by atoms with E-state index < -0.39 is 28.2 Å². The van der Waals surface area contributed by atoms with E-state index in [2.05, 4.69) is 20.9 Å². The van der Waals surface area contributed by atoms with Gasteiger partial charge >= 0.3 is 5.97 Å². The Hall–Kier alpha value is -1.75. The van der Waals surface area contributed by atoms with E-state index in [1.165, 1.54) is 18.4 Å². The van der Waals surface area contributed by atoms with E-state index in [1.807, 2.05) is 43.5 Å². The average molecular weight is 483 g/mol. The number of carbonyl (C=O) groups excluding carboxylic acids is 1. The molecular weight excluding hydrogens is 466 g/mol. The Morgan fingerprint density at radius 3 is 2.71 bits per heavy atom. The second-order valence-electron chi connectivity index (χ2n) is 6.86. The third-order valence-electron chi connectivity index (χ3n) is 5.36. The van der Waals surface area contributed by atoms with Crippen molar-refractivity contribution in [3.05, 3.63) is 54.0 Å². The molecule has 148 valence electrons. The highest BCUT2D eigenvalue weighted by Crippen LogP contribution is 2.63. The number of thiazole rings is 1. The lowest BCUT2D eigenvalue weighted by atomic mass is 9.92. The fraction of sp³-hybridized carbons (Fsp3) is 0.333. The lowest BCUT2D eigenvalue weighted by Gasteiger charge is -2.35. The van der Waals surface area contributed by atoms with Crippen LogP contribution in [-0.4, -0.2) is 36.8 Å². The van der Waals surface area contributed by atoms with E-state index in [4.69, 9.17) is 4.74 Å². The third kappa shape index (κ3) is 2.73. The van der Waals surface area contributed by atoms with Gasteiger partial charge in [-0.25, -0.2) is 9.78 Å². The number of rotatable bonds is 6. The molecule has 0 saturated heterocycles. The Kier molecular flexibility index (Phi) is 4.85. The summed E-state index contributed by atoms with van der Waals surface area (Å²) in [4.78, 5) is 18.0. The van der Waals surface area contributed by atoms with E-state index in [-0.39, 0.29) is 0 Å². The molecule has 28 heavy (non-hydrogen) atoms. The van der Waals surface area contributed by atoms with E-state index >= 15 is 0 Å². The maximum atomic E-state index is 12.9. The molecule has 0 radical (unpaired) electrons. The monoisotopic (exact) mass is 482 g/mol. The first-order valence-electron chi connectivity index (χ1n) is 8.44. The molecule has 10 heteroatoms. The molecule has 3 aromatic rings. The van der Waals surface area contributed by atoms with Crippen LogP contribution in [0.3, 0.4) is 0 Å². The molecule has 1 aromatic carbocycles. The minimum atomic E-state index is -2.68. The smallest absolute Gasteiger partial charge is 0.333 e. The molecule has 3 unspecified atom stereocenters. The zero-order valence-corrected chi connectivity index (χ0v) is 18.3. The molecule has 4 rings (SSSR count). The van der Waals surface area contributed by atoms with Crippen LogP contribution in [0, 0.1) is 0 Å². The van der Waals surface area contributed by atoms with Crippen molar-refractivity contribution < 1.29 is 18.3 Å². The molecule has 1 aliphatic carbocycles. The van der Waals surface area contributed by atoms with Gasteiger partial charge in [-0.3, -0.25) is 12.9 Å². The van der Waals surface area contributed by atoms with Crippen LogP contribution in [0.2, 0.25) is 0 Å². The van der Waals surface area contributed by atoms with Crippen LogP contribution in [0.1, 0.15) is 24.6 Å². The van der Waals surface area contributed by atoms with Crippen LogP contribution in [0.5, 0.6) is 0 Å². The van der Waals surface area contributed by atoms with Crippen molar-refractivity contribution in [2.24, 2.45) is 0 Å². The summed E-state index contributed by atoms with van der Waals surface area (Å²) < 4.78 is 32.7. The number of methoxy groups -OCH3 is 1. The van der Waals surface area contributed by atoms with Crippen molar-refractivity contribution >= 4 is 54.5 Å². The summed E-state index contributed by atoms with van der Waals surface area (Å²) in [5.74, 6) is -0.574. The van der Waals surface area contributed by atoms with Gasteiger partial charge in [0.1, 0.15) is 5.00 Å². The van der Waals surface area contributed by atoms with Crippen molar-refractivity contribution in [1.29, 1.82) is 0 Å². The van der Waals surface area contributed by atoms with Gasteiger partial charge in [0.15, 0.2) is 10.5 Å². The Bertz CT molecular complexity index is 1040. The number of alkyl halides is 1. The number of carbonyl (C=O) groups is 1. The van der Waals surface area contributed by atoms with Crippen LogP contribution in [-0.2, 0) is 31.5 Å². The van der Waals surface area contributed by atoms with Crippen molar-refractivity contribution in [2.45, 2.75) is 29.6 Å². The Labute approximate surface area is 176 Å². The number of halogens is 1. The predicted octanol–water partition coefficient (Wildman–Crippen LogP) is 3.16. The number of esters is 1. The number of anilines is 1. The van der Waals surface area contributed by atoms with E-state index in [0.29, 0.717) is 21.7 Å². The van der Waals surface area contributed by atoms with Crippen molar-refractivity contribution in [3.8, 4) is 0 Å². The van der Waals surface area contributed by atoms with Crippen molar-refractivity contribution in [2.75, 3.05) is 11.4 Å². The summed E-state index contributed by atoms with van der Waals surface area (Å²) in [6, 6.07) is 9.44. The van der Waals surface area contributed by atoms with Crippen LogP contribution >= 0.6 is 27.3 Å². The van der Waals surface area contributed by atoms with Crippen LogP contribution in [0.25, 0.3) is 4.96 Å². The fourth-order valence-electron chi connectivity index (χ4n) is 3.84. The second kappa shape index (κ2) is 6.94. The average Bonchev–Trinajstić information content (AvgIpc) is 2.96. The Morgan fingerprint density at radius 1 is 1.43 bits per heavy atom. The fourth-order valence-corrected chi connectivity index (χ4v) is 6.16. The number of nitrogens with zero attached hydrogens (tertiary/aromatic N) is 3. The van der Waals surface area contributed by atoms with Gasteiger partial charge in [0.05, 0.1) is 12.8 Å². The van der Waals surface area contributed by atoms with Gasteiger partial charge in [0.2, 0.25) is 0 Å². The molecule has 2 heterocycles. The SMILES string of the molecule is COC(=O)C1(N(c2cn3cc(CBr)nc3s2)S(=O)[O-])CC1(C)c1ccccc1. The summed E-state index contributed by atoms with van der Waals surface area (Å²) in [7, 11) is 1.28. The zero-order valence-electron chi connectivity index (χ0n) is 15.1. The number of hydrogen-bond acceptors (Lipinski definition) is 6. The second-order valence-corrected chi connectivity index (χ2v) is 9.21. The lowest BCUT2D eigenvalue weighted by Crippen LogP contribution is -2.50. The van der Waals surface area contributed by atoms with E-state index in [1.54, 1.807) is 10.6 Å². The number of imidazole rings is 1. The van der Waals surface area contributed by atoms with Gasteiger partial charge in [0, 0.05) is 34.4 Å². The number of benzene rings is 1. The largest absolute Gasteiger partial charge is 0.755 e. The highest BCUT2D eigenvalue weighted by molar-refractivity contribution is 9.08. The molecule has 3 atom stereocenters. The highest BCUT2D eigenvalue weighted by Gasteiger charge is 2.75. The van der Waals surface area contributed by atoms with Gasteiger partial charge < -0.3 is 9.29 Å². The van der Waals surface area contributed by atoms with Crippen LogP contribution in [0.4, 0.5) is 5.00 Å². The molecule has 0 aliphatic heterocycles. The first-order valence-corrected chi connectivity index (χ1v) is 11.4. The maximum absolute atomic E-state index is 12.9. The number of fused-ring (bicyclic) bond motifs is 1. The van der Waals surface area contributed by atoms with Gasteiger partial charge in [-0.05, 0) is 12.0 Å². The topological polar surface area (TPSA) is 87.0 Å². The first kappa shape index (κ1) is 19.6. The summed E-state index contributed by atoms with van der Waals surface area (Å²) in [5.41, 5.74) is -0.305. The standard InChI is InChI=1S/C18H18BrN3O4S2/c1-17(12-6-4-3-5-7-12)11-18(17,15(23)26-2)22(28(24)25)14-10-21-9-13(8-19)20-16(21)27-14/h3-7,9-10H,8,11H2,1-2H3,(H,24,25)/p-1. The van der Waals surface area contributed by atoms with Gasteiger partial charge in [-0.2, -0.15) is 0 Å². The molecule has 0 spiro atoms. The van der Waals surface area contributed by atoms with Crippen molar-refractivity contribution in [3.63, 3.8) is 0 Å². The molecule has 0 N–H and O–H groups in total. The molecular formula is C18H17BrN3O4S2-. The predicted molar refractivity (Wildman–Crippen MR) is 110 cm³/mol. The molecule has 0 bridgehead atoms. The minimum Gasteiger partial charge on any atom is -0.755 e. The quantitative estimate of drug-likeness (QED) is 0.306. The normalized spacial score (nSPS) is 24.9. The summed E-state index contributed by atoms with van der Waals surface area (Å²) in [5, 5.41) is 1.02. The van der Waals surface area contributed by atoms with Gasteiger partial charge in [-0.15, -0.1) is 0 Å².